The molecule has 3 heteroatoms. The number of hydrogen-bond donors (Lipinski definition) is 2. The van der Waals surface area contributed by atoms with Crippen LogP contribution in [0.5, 0.6) is 0 Å². The topological polar surface area (TPSA) is 33.3 Å². The summed E-state index contributed by atoms with van der Waals surface area (Å²) in [4.78, 5) is 0. The van der Waals surface area contributed by atoms with Crippen LogP contribution in [0.25, 0.3) is 0 Å². The van der Waals surface area contributed by atoms with Gasteiger partial charge in [0, 0.05) is 32.3 Å². The lowest BCUT2D eigenvalue weighted by atomic mass is 10.1. The van der Waals surface area contributed by atoms with Crippen LogP contribution in [0, 0.1) is 0 Å². The minimum atomic E-state index is 0.472. The summed E-state index contributed by atoms with van der Waals surface area (Å²) in [5, 5.41) is 7.11. The molecule has 1 saturated carbocycles. The van der Waals surface area contributed by atoms with E-state index in [1.807, 2.05) is 0 Å². The molecule has 94 valence electrons. The summed E-state index contributed by atoms with van der Waals surface area (Å²) >= 11 is 0. The second-order valence-electron chi connectivity index (χ2n) is 5.13. The molecule has 1 unspecified atom stereocenters. The maximum absolute atomic E-state index is 5.68. The molecule has 2 fully saturated rings. The molecule has 2 aliphatic rings. The van der Waals surface area contributed by atoms with E-state index in [-0.39, 0.29) is 0 Å². The third-order valence-corrected chi connectivity index (χ3v) is 3.74. The highest BCUT2D eigenvalue weighted by Gasteiger charge is 2.14. The van der Waals surface area contributed by atoms with Crippen molar-refractivity contribution in [3.8, 4) is 0 Å². The molecule has 2 rings (SSSR count). The van der Waals surface area contributed by atoms with Gasteiger partial charge in [0.1, 0.15) is 0 Å². The minimum absolute atomic E-state index is 0.472. The van der Waals surface area contributed by atoms with E-state index >= 15 is 0 Å². The van der Waals surface area contributed by atoms with E-state index in [2.05, 4.69) is 10.6 Å². The molecular formula is C13H26N2O. The summed E-state index contributed by atoms with van der Waals surface area (Å²) in [6.45, 7) is 4.19. The maximum atomic E-state index is 5.68. The van der Waals surface area contributed by atoms with Crippen LogP contribution in [-0.2, 0) is 4.74 Å². The van der Waals surface area contributed by atoms with Gasteiger partial charge in [0.05, 0.1) is 6.10 Å². The summed E-state index contributed by atoms with van der Waals surface area (Å²) in [5.41, 5.74) is 0. The number of rotatable bonds is 6. The normalized spacial score (nSPS) is 27.4. The van der Waals surface area contributed by atoms with E-state index in [4.69, 9.17) is 4.74 Å². The number of ether oxygens (including phenoxy) is 1. The first-order valence-corrected chi connectivity index (χ1v) is 7.01. The Morgan fingerprint density at radius 1 is 0.938 bits per heavy atom. The standard InChI is InChI=1S/C13H26N2O/c1-2-6-12(5-1)15-9-8-14-11-13-7-3-4-10-16-13/h12-15H,1-11H2. The van der Waals surface area contributed by atoms with Gasteiger partial charge in [-0.1, -0.05) is 12.8 Å². The zero-order chi connectivity index (χ0) is 11.1. The molecular weight excluding hydrogens is 200 g/mol. The van der Waals surface area contributed by atoms with Crippen molar-refractivity contribution in [2.24, 2.45) is 0 Å². The molecule has 0 radical (unpaired) electrons. The van der Waals surface area contributed by atoms with Crippen molar-refractivity contribution in [3.63, 3.8) is 0 Å². The van der Waals surface area contributed by atoms with Crippen molar-refractivity contribution < 1.29 is 4.74 Å². The number of hydrogen-bond acceptors (Lipinski definition) is 3. The van der Waals surface area contributed by atoms with Gasteiger partial charge in [-0.2, -0.15) is 0 Å². The van der Waals surface area contributed by atoms with Crippen molar-refractivity contribution >= 4 is 0 Å². The summed E-state index contributed by atoms with van der Waals surface area (Å²) in [7, 11) is 0. The van der Waals surface area contributed by atoms with Gasteiger partial charge < -0.3 is 15.4 Å². The van der Waals surface area contributed by atoms with Crippen molar-refractivity contribution in [2.45, 2.75) is 57.1 Å². The van der Waals surface area contributed by atoms with E-state index in [1.54, 1.807) is 0 Å². The highest BCUT2D eigenvalue weighted by molar-refractivity contribution is 4.74. The second kappa shape index (κ2) is 7.25. The third-order valence-electron chi connectivity index (χ3n) is 3.74. The van der Waals surface area contributed by atoms with Crippen LogP contribution in [0.3, 0.4) is 0 Å². The zero-order valence-electron chi connectivity index (χ0n) is 10.3. The molecule has 1 heterocycles. The largest absolute Gasteiger partial charge is 0.377 e. The van der Waals surface area contributed by atoms with Gasteiger partial charge in [-0.25, -0.2) is 0 Å². The first-order chi connectivity index (χ1) is 7.95. The van der Waals surface area contributed by atoms with E-state index in [0.29, 0.717) is 6.10 Å². The van der Waals surface area contributed by atoms with Gasteiger partial charge >= 0.3 is 0 Å². The van der Waals surface area contributed by atoms with Gasteiger partial charge in [-0.05, 0) is 32.1 Å². The van der Waals surface area contributed by atoms with Gasteiger partial charge in [-0.3, -0.25) is 0 Å². The fourth-order valence-corrected chi connectivity index (χ4v) is 2.73. The average Bonchev–Trinajstić information content (AvgIpc) is 2.83. The average molecular weight is 226 g/mol. The fraction of sp³-hybridized carbons (Fsp3) is 1.00. The highest BCUT2D eigenvalue weighted by atomic mass is 16.5. The Balaban J connectivity index is 1.42. The Kier molecular flexibility index (Phi) is 5.59. The van der Waals surface area contributed by atoms with Crippen LogP contribution in [-0.4, -0.2) is 38.4 Å². The predicted molar refractivity (Wildman–Crippen MR) is 66.7 cm³/mol. The van der Waals surface area contributed by atoms with E-state index in [1.165, 1.54) is 44.9 Å². The van der Waals surface area contributed by atoms with Crippen molar-refractivity contribution in [3.05, 3.63) is 0 Å². The van der Waals surface area contributed by atoms with Crippen LogP contribution in [0.15, 0.2) is 0 Å². The SMILES string of the molecule is C1CCC(CNCCNC2CCCC2)OC1. The fourth-order valence-electron chi connectivity index (χ4n) is 2.73. The Morgan fingerprint density at radius 3 is 2.50 bits per heavy atom. The van der Waals surface area contributed by atoms with Gasteiger partial charge in [0.15, 0.2) is 0 Å². The molecule has 0 bridgehead atoms. The second-order valence-corrected chi connectivity index (χ2v) is 5.13. The molecule has 1 aliphatic heterocycles. The van der Waals surface area contributed by atoms with Gasteiger partial charge in [-0.15, -0.1) is 0 Å². The summed E-state index contributed by atoms with van der Waals surface area (Å²) in [5.74, 6) is 0. The lowest BCUT2D eigenvalue weighted by Crippen LogP contribution is -2.37. The van der Waals surface area contributed by atoms with Crippen LogP contribution in [0.4, 0.5) is 0 Å². The van der Waals surface area contributed by atoms with Crippen LogP contribution >= 0.6 is 0 Å². The Bertz CT molecular complexity index is 175. The van der Waals surface area contributed by atoms with Gasteiger partial charge in [0.25, 0.3) is 0 Å². The molecule has 16 heavy (non-hydrogen) atoms. The van der Waals surface area contributed by atoms with Crippen molar-refractivity contribution in [1.82, 2.24) is 10.6 Å². The first-order valence-electron chi connectivity index (χ1n) is 7.01. The highest BCUT2D eigenvalue weighted by Crippen LogP contribution is 2.17. The lowest BCUT2D eigenvalue weighted by Gasteiger charge is -2.23. The molecule has 1 saturated heterocycles. The molecule has 0 aromatic carbocycles. The predicted octanol–water partition coefficient (Wildman–Crippen LogP) is 1.68. The minimum Gasteiger partial charge on any atom is -0.377 e. The van der Waals surface area contributed by atoms with Gasteiger partial charge in [0.2, 0.25) is 0 Å². The summed E-state index contributed by atoms with van der Waals surface area (Å²) in [6.07, 6.45) is 9.90. The molecule has 0 aromatic heterocycles. The van der Waals surface area contributed by atoms with E-state index in [0.717, 1.165) is 32.3 Å². The molecule has 2 N–H and O–H groups in total. The summed E-state index contributed by atoms with van der Waals surface area (Å²) in [6, 6.07) is 0.799. The molecule has 0 spiro atoms. The van der Waals surface area contributed by atoms with Crippen LogP contribution in [0.1, 0.15) is 44.9 Å². The molecule has 1 atom stereocenters. The third kappa shape index (κ3) is 4.40. The Labute approximate surface area is 99.3 Å². The molecule has 3 nitrogen and oxygen atoms in total. The maximum Gasteiger partial charge on any atom is 0.0699 e. The lowest BCUT2D eigenvalue weighted by molar-refractivity contribution is 0.0171. The van der Waals surface area contributed by atoms with E-state index < -0.39 is 0 Å². The van der Waals surface area contributed by atoms with Crippen molar-refractivity contribution in [1.29, 1.82) is 0 Å². The number of nitrogens with one attached hydrogen (secondary N) is 2. The molecule has 0 amide bonds. The Hall–Kier alpha value is -0.120. The zero-order valence-corrected chi connectivity index (χ0v) is 10.3. The Morgan fingerprint density at radius 2 is 1.75 bits per heavy atom. The van der Waals surface area contributed by atoms with Crippen molar-refractivity contribution in [2.75, 3.05) is 26.2 Å². The van der Waals surface area contributed by atoms with E-state index in [9.17, 15) is 0 Å². The molecule has 1 aliphatic carbocycles. The smallest absolute Gasteiger partial charge is 0.0699 e. The van der Waals surface area contributed by atoms with Crippen LogP contribution < -0.4 is 10.6 Å². The summed E-state index contributed by atoms with van der Waals surface area (Å²) < 4.78 is 5.68. The quantitative estimate of drug-likeness (QED) is 0.676. The molecule has 0 aromatic rings. The first kappa shape index (κ1) is 12.3. The van der Waals surface area contributed by atoms with Crippen LogP contribution in [0.2, 0.25) is 0 Å². The monoisotopic (exact) mass is 226 g/mol.